The number of ether oxygens (including phenoxy) is 1. The van der Waals surface area contributed by atoms with Crippen molar-refractivity contribution in [3.63, 3.8) is 0 Å². The first-order valence-corrected chi connectivity index (χ1v) is 8.44. The van der Waals surface area contributed by atoms with Gasteiger partial charge in [-0.3, -0.25) is 4.79 Å². The number of benzene rings is 2. The molecule has 1 atom stereocenters. The van der Waals surface area contributed by atoms with E-state index in [-0.39, 0.29) is 5.91 Å². The molecule has 126 valence electrons. The molecule has 3 rings (SSSR count). The molecule has 0 saturated carbocycles. The molecule has 1 aliphatic rings. The third-order valence-electron chi connectivity index (χ3n) is 4.27. The number of nitrogens with one attached hydrogen (secondary N) is 1. The van der Waals surface area contributed by atoms with Gasteiger partial charge in [0.15, 0.2) is 0 Å². The van der Waals surface area contributed by atoms with E-state index in [1.54, 1.807) is 19.2 Å². The van der Waals surface area contributed by atoms with Crippen LogP contribution in [0.4, 0.5) is 11.4 Å². The van der Waals surface area contributed by atoms with Gasteiger partial charge in [-0.15, -0.1) is 0 Å². The molecular weight excluding hydrogens is 324 g/mol. The molecule has 1 N–H and O–H groups in total. The zero-order valence-corrected chi connectivity index (χ0v) is 14.4. The summed E-state index contributed by atoms with van der Waals surface area (Å²) in [6.07, 6.45) is 1.69. The summed E-state index contributed by atoms with van der Waals surface area (Å²) in [6.45, 7) is 1.92. The van der Waals surface area contributed by atoms with E-state index in [9.17, 15) is 4.79 Å². The summed E-state index contributed by atoms with van der Waals surface area (Å²) in [5.41, 5.74) is 2.90. The number of hydrogen-bond acceptors (Lipinski definition) is 3. The van der Waals surface area contributed by atoms with Gasteiger partial charge in [0.1, 0.15) is 0 Å². The Morgan fingerprint density at radius 3 is 2.54 bits per heavy atom. The van der Waals surface area contributed by atoms with Crippen LogP contribution in [0.15, 0.2) is 48.5 Å². The highest BCUT2D eigenvalue weighted by molar-refractivity contribution is 6.30. The highest BCUT2D eigenvalue weighted by Crippen LogP contribution is 2.23. The molecular formula is C19H21ClN2O2. The van der Waals surface area contributed by atoms with E-state index in [1.807, 2.05) is 36.4 Å². The van der Waals surface area contributed by atoms with Crippen molar-refractivity contribution in [2.75, 3.05) is 30.4 Å². The Hall–Kier alpha value is -2.04. The predicted octanol–water partition coefficient (Wildman–Crippen LogP) is 3.75. The van der Waals surface area contributed by atoms with Gasteiger partial charge in [-0.1, -0.05) is 23.7 Å². The fourth-order valence-corrected chi connectivity index (χ4v) is 3.03. The monoisotopic (exact) mass is 344 g/mol. The second-order valence-corrected chi connectivity index (χ2v) is 6.43. The summed E-state index contributed by atoms with van der Waals surface area (Å²) in [5.74, 6) is -0.0364. The molecule has 0 spiro atoms. The normalized spacial score (nSPS) is 17.1. The number of rotatable bonds is 5. The molecule has 1 aliphatic heterocycles. The van der Waals surface area contributed by atoms with E-state index in [0.717, 1.165) is 36.4 Å². The molecule has 0 radical (unpaired) electrons. The maximum Gasteiger partial charge on any atom is 0.228 e. The van der Waals surface area contributed by atoms with Gasteiger partial charge in [-0.25, -0.2) is 0 Å². The molecule has 5 heteroatoms. The lowest BCUT2D eigenvalue weighted by atomic mass is 10.1. The van der Waals surface area contributed by atoms with Crippen LogP contribution in [-0.4, -0.2) is 32.2 Å². The molecule has 24 heavy (non-hydrogen) atoms. The minimum atomic E-state index is -0.0364. The topological polar surface area (TPSA) is 41.6 Å². The summed E-state index contributed by atoms with van der Waals surface area (Å²) >= 11 is 5.85. The van der Waals surface area contributed by atoms with Crippen molar-refractivity contribution in [2.45, 2.75) is 18.9 Å². The fourth-order valence-electron chi connectivity index (χ4n) is 2.90. The second-order valence-electron chi connectivity index (χ2n) is 5.99. The molecule has 1 amide bonds. The first-order valence-electron chi connectivity index (χ1n) is 8.06. The standard InChI is InChI=1S/C19H21ClN2O2/c1-24-18-10-11-22(13-18)17-8-6-16(7-9-17)21-19(23)12-14-2-4-15(20)5-3-14/h2-9,18H,10-13H2,1H3,(H,21,23)/t18-/m0/s1. The van der Waals surface area contributed by atoms with Crippen LogP contribution in [0, 0.1) is 0 Å². The summed E-state index contributed by atoms with van der Waals surface area (Å²) in [5, 5.41) is 3.60. The maximum atomic E-state index is 12.1. The van der Waals surface area contributed by atoms with Gasteiger partial charge in [0.05, 0.1) is 12.5 Å². The Balaban J connectivity index is 1.56. The van der Waals surface area contributed by atoms with E-state index in [1.165, 1.54) is 0 Å². The summed E-state index contributed by atoms with van der Waals surface area (Å²) in [6, 6.07) is 15.3. The Bertz CT molecular complexity index is 686. The Labute approximate surface area is 147 Å². The Morgan fingerprint density at radius 1 is 1.21 bits per heavy atom. The van der Waals surface area contributed by atoms with Crippen molar-refractivity contribution in [1.82, 2.24) is 0 Å². The predicted molar refractivity (Wildman–Crippen MR) is 97.9 cm³/mol. The molecule has 0 unspecified atom stereocenters. The van der Waals surface area contributed by atoms with Crippen LogP contribution < -0.4 is 10.2 Å². The summed E-state index contributed by atoms with van der Waals surface area (Å²) in [4.78, 5) is 14.4. The number of anilines is 2. The number of carbonyl (C=O) groups is 1. The van der Waals surface area contributed by atoms with Crippen molar-refractivity contribution in [3.8, 4) is 0 Å². The second kappa shape index (κ2) is 7.69. The van der Waals surface area contributed by atoms with Crippen LogP contribution in [0.2, 0.25) is 5.02 Å². The van der Waals surface area contributed by atoms with Crippen molar-refractivity contribution in [1.29, 1.82) is 0 Å². The lowest BCUT2D eigenvalue weighted by Gasteiger charge is -2.18. The van der Waals surface area contributed by atoms with Crippen LogP contribution in [0.3, 0.4) is 0 Å². The number of methoxy groups -OCH3 is 1. The van der Waals surface area contributed by atoms with Gasteiger partial charge in [-0.05, 0) is 48.4 Å². The molecule has 0 bridgehead atoms. The van der Waals surface area contributed by atoms with E-state index < -0.39 is 0 Å². The average molecular weight is 345 g/mol. The van der Waals surface area contributed by atoms with E-state index in [4.69, 9.17) is 16.3 Å². The lowest BCUT2D eigenvalue weighted by molar-refractivity contribution is -0.115. The van der Waals surface area contributed by atoms with Crippen molar-refractivity contribution < 1.29 is 9.53 Å². The third kappa shape index (κ3) is 4.28. The van der Waals surface area contributed by atoms with Crippen LogP contribution in [0.5, 0.6) is 0 Å². The first-order chi connectivity index (χ1) is 11.6. The quantitative estimate of drug-likeness (QED) is 0.898. The minimum Gasteiger partial charge on any atom is -0.380 e. The largest absolute Gasteiger partial charge is 0.380 e. The molecule has 1 saturated heterocycles. The van der Waals surface area contributed by atoms with Crippen molar-refractivity contribution in [3.05, 3.63) is 59.1 Å². The van der Waals surface area contributed by atoms with Crippen LogP contribution in [-0.2, 0) is 16.0 Å². The van der Waals surface area contributed by atoms with Gasteiger partial charge in [0.25, 0.3) is 0 Å². The van der Waals surface area contributed by atoms with Crippen LogP contribution in [0.25, 0.3) is 0 Å². The van der Waals surface area contributed by atoms with E-state index in [2.05, 4.69) is 10.2 Å². The number of hydrogen-bond donors (Lipinski definition) is 1. The zero-order valence-electron chi connectivity index (χ0n) is 13.7. The summed E-state index contributed by atoms with van der Waals surface area (Å²) < 4.78 is 5.40. The van der Waals surface area contributed by atoms with Gasteiger partial charge in [0.2, 0.25) is 5.91 Å². The maximum absolute atomic E-state index is 12.1. The average Bonchev–Trinajstić information content (AvgIpc) is 3.07. The zero-order chi connectivity index (χ0) is 16.9. The minimum absolute atomic E-state index is 0.0364. The van der Waals surface area contributed by atoms with Gasteiger partial charge in [-0.2, -0.15) is 0 Å². The molecule has 2 aromatic rings. The Kier molecular flexibility index (Phi) is 5.38. The van der Waals surface area contributed by atoms with Gasteiger partial charge in [0, 0.05) is 36.6 Å². The van der Waals surface area contributed by atoms with E-state index in [0.29, 0.717) is 17.5 Å². The van der Waals surface area contributed by atoms with E-state index >= 15 is 0 Å². The SMILES string of the molecule is CO[C@H]1CCN(c2ccc(NC(=O)Cc3ccc(Cl)cc3)cc2)C1. The Morgan fingerprint density at radius 2 is 1.92 bits per heavy atom. The smallest absolute Gasteiger partial charge is 0.228 e. The van der Waals surface area contributed by atoms with Gasteiger partial charge >= 0.3 is 0 Å². The molecule has 0 aliphatic carbocycles. The number of nitrogens with zero attached hydrogens (tertiary/aromatic N) is 1. The lowest BCUT2D eigenvalue weighted by Crippen LogP contribution is -2.22. The van der Waals surface area contributed by atoms with Crippen molar-refractivity contribution >= 4 is 28.9 Å². The number of halogens is 1. The molecule has 1 heterocycles. The van der Waals surface area contributed by atoms with Crippen molar-refractivity contribution in [2.24, 2.45) is 0 Å². The molecule has 4 nitrogen and oxygen atoms in total. The van der Waals surface area contributed by atoms with Crippen LogP contribution >= 0.6 is 11.6 Å². The highest BCUT2D eigenvalue weighted by atomic mass is 35.5. The van der Waals surface area contributed by atoms with Gasteiger partial charge < -0.3 is 15.0 Å². The third-order valence-corrected chi connectivity index (χ3v) is 4.52. The highest BCUT2D eigenvalue weighted by Gasteiger charge is 2.22. The molecule has 0 aromatic heterocycles. The van der Waals surface area contributed by atoms with Crippen LogP contribution in [0.1, 0.15) is 12.0 Å². The first kappa shape index (κ1) is 16.8. The number of amides is 1. The summed E-state index contributed by atoms with van der Waals surface area (Å²) in [7, 11) is 1.76. The fraction of sp³-hybridized carbons (Fsp3) is 0.316. The number of carbonyl (C=O) groups excluding carboxylic acids is 1. The molecule has 1 fully saturated rings. The molecule has 2 aromatic carbocycles.